The third kappa shape index (κ3) is 5.56. The summed E-state index contributed by atoms with van der Waals surface area (Å²) in [6.45, 7) is 9.65. The standard InChI is InChI=1S/C21H26ClN5O2S.ClH/c1-3-27-15(2)13-18(24-27)20(28)26(8-4-7-25-9-11-29-12-10-25)21-23-17-6-5-16(22)14-19(17)30-21;/h5-6,13-14H,3-4,7-12H2,1-2H3;1H. The van der Waals surface area contributed by atoms with Crippen LogP contribution in [0.1, 0.15) is 29.5 Å². The molecule has 10 heteroatoms. The summed E-state index contributed by atoms with van der Waals surface area (Å²) in [5.41, 5.74) is 2.28. The topological polar surface area (TPSA) is 63.5 Å². The highest BCUT2D eigenvalue weighted by molar-refractivity contribution is 7.22. The van der Waals surface area contributed by atoms with Gasteiger partial charge in [-0.3, -0.25) is 19.3 Å². The number of hydrogen-bond donors (Lipinski definition) is 0. The highest BCUT2D eigenvalue weighted by atomic mass is 35.5. The third-order valence-corrected chi connectivity index (χ3v) is 6.55. The van der Waals surface area contributed by atoms with Gasteiger partial charge in [0, 0.05) is 43.4 Å². The highest BCUT2D eigenvalue weighted by Crippen LogP contribution is 2.31. The summed E-state index contributed by atoms with van der Waals surface area (Å²) < 4.78 is 8.24. The number of rotatable bonds is 7. The SMILES string of the molecule is CCn1nc(C(=O)N(CCCN2CCOCC2)c2nc3ccc(Cl)cc3s2)cc1C.Cl. The Morgan fingerprint density at radius 3 is 2.77 bits per heavy atom. The van der Waals surface area contributed by atoms with E-state index in [1.54, 1.807) is 4.90 Å². The van der Waals surface area contributed by atoms with E-state index in [1.807, 2.05) is 42.8 Å². The van der Waals surface area contributed by atoms with E-state index in [4.69, 9.17) is 21.3 Å². The van der Waals surface area contributed by atoms with Crippen molar-refractivity contribution < 1.29 is 9.53 Å². The number of benzene rings is 1. The molecule has 2 aromatic heterocycles. The van der Waals surface area contributed by atoms with Crippen molar-refractivity contribution in [1.29, 1.82) is 0 Å². The number of carbonyl (C=O) groups is 1. The molecular weight excluding hydrogens is 457 g/mol. The lowest BCUT2D eigenvalue weighted by Crippen LogP contribution is -2.39. The molecule has 1 aromatic carbocycles. The summed E-state index contributed by atoms with van der Waals surface area (Å²) in [6, 6.07) is 7.46. The molecular formula is C21H27Cl2N5O2S. The fourth-order valence-corrected chi connectivity index (χ4v) is 4.90. The van der Waals surface area contributed by atoms with Gasteiger partial charge in [-0.2, -0.15) is 5.10 Å². The number of thiazole rings is 1. The maximum atomic E-state index is 13.4. The van der Waals surface area contributed by atoms with Crippen LogP contribution in [0.4, 0.5) is 5.13 Å². The van der Waals surface area contributed by atoms with Crippen LogP contribution < -0.4 is 4.90 Å². The van der Waals surface area contributed by atoms with Gasteiger partial charge < -0.3 is 4.74 Å². The van der Waals surface area contributed by atoms with Crippen LogP contribution in [0.15, 0.2) is 24.3 Å². The van der Waals surface area contributed by atoms with Crippen molar-refractivity contribution in [3.8, 4) is 0 Å². The van der Waals surface area contributed by atoms with Gasteiger partial charge in [0.15, 0.2) is 10.8 Å². The number of aryl methyl sites for hydroxylation is 2. The number of ether oxygens (including phenoxy) is 1. The van der Waals surface area contributed by atoms with Crippen LogP contribution >= 0.6 is 35.3 Å². The van der Waals surface area contributed by atoms with Crippen molar-refractivity contribution in [2.24, 2.45) is 0 Å². The molecule has 0 aliphatic carbocycles. The molecule has 0 bridgehead atoms. The van der Waals surface area contributed by atoms with E-state index < -0.39 is 0 Å². The first-order valence-corrected chi connectivity index (χ1v) is 11.5. The van der Waals surface area contributed by atoms with E-state index in [-0.39, 0.29) is 18.3 Å². The average Bonchev–Trinajstić information content (AvgIpc) is 3.34. The number of anilines is 1. The molecule has 3 aromatic rings. The van der Waals surface area contributed by atoms with Crippen molar-refractivity contribution in [2.45, 2.75) is 26.8 Å². The molecule has 0 N–H and O–H groups in total. The highest BCUT2D eigenvalue weighted by Gasteiger charge is 2.24. The van der Waals surface area contributed by atoms with Crippen LogP contribution in [0.3, 0.4) is 0 Å². The molecule has 0 saturated carbocycles. The second kappa shape index (κ2) is 10.7. The van der Waals surface area contributed by atoms with Gasteiger partial charge in [0.1, 0.15) is 0 Å². The van der Waals surface area contributed by atoms with Crippen LogP contribution in [0.25, 0.3) is 10.2 Å². The zero-order valence-corrected chi connectivity index (χ0v) is 20.1. The number of nitrogens with zero attached hydrogens (tertiary/aromatic N) is 5. The maximum absolute atomic E-state index is 13.4. The van der Waals surface area contributed by atoms with Crippen molar-refractivity contribution in [2.75, 3.05) is 44.3 Å². The van der Waals surface area contributed by atoms with Crippen molar-refractivity contribution >= 4 is 56.6 Å². The number of amides is 1. The predicted octanol–water partition coefficient (Wildman–Crippen LogP) is 4.27. The summed E-state index contributed by atoms with van der Waals surface area (Å²) in [6.07, 6.45) is 0.857. The summed E-state index contributed by atoms with van der Waals surface area (Å²) in [5.74, 6) is -0.113. The summed E-state index contributed by atoms with van der Waals surface area (Å²) in [5, 5.41) is 5.84. The van der Waals surface area contributed by atoms with E-state index in [1.165, 1.54) is 11.3 Å². The Morgan fingerprint density at radius 1 is 1.29 bits per heavy atom. The minimum atomic E-state index is -0.113. The van der Waals surface area contributed by atoms with Gasteiger partial charge in [-0.1, -0.05) is 22.9 Å². The molecule has 168 valence electrons. The number of morpholine rings is 1. The molecule has 1 saturated heterocycles. The first kappa shape index (κ1) is 23.9. The molecule has 3 heterocycles. The maximum Gasteiger partial charge on any atom is 0.280 e. The average molecular weight is 484 g/mol. The van der Waals surface area contributed by atoms with Gasteiger partial charge in [-0.25, -0.2) is 4.98 Å². The lowest BCUT2D eigenvalue weighted by molar-refractivity contribution is 0.0376. The smallest absolute Gasteiger partial charge is 0.280 e. The molecule has 0 atom stereocenters. The molecule has 0 unspecified atom stereocenters. The Hall–Kier alpha value is -1.71. The Kier molecular flexibility index (Phi) is 8.30. The number of carbonyl (C=O) groups excluding carboxylic acids is 1. The van der Waals surface area contributed by atoms with Crippen LogP contribution in [-0.4, -0.2) is 65.0 Å². The number of hydrogen-bond acceptors (Lipinski definition) is 6. The Balaban J connectivity index is 0.00000272. The summed E-state index contributed by atoms with van der Waals surface area (Å²) in [4.78, 5) is 22.3. The van der Waals surface area contributed by atoms with Crippen molar-refractivity contribution in [1.82, 2.24) is 19.7 Å². The van der Waals surface area contributed by atoms with Crippen molar-refractivity contribution in [3.63, 3.8) is 0 Å². The minimum Gasteiger partial charge on any atom is -0.379 e. The van der Waals surface area contributed by atoms with E-state index >= 15 is 0 Å². The van der Waals surface area contributed by atoms with E-state index in [0.717, 1.165) is 61.7 Å². The zero-order valence-electron chi connectivity index (χ0n) is 17.7. The molecule has 0 radical (unpaired) electrons. The van der Waals surface area contributed by atoms with Gasteiger partial charge in [-0.15, -0.1) is 12.4 Å². The second-order valence-electron chi connectivity index (χ2n) is 7.36. The molecule has 0 spiro atoms. The molecule has 1 aliphatic rings. The normalized spacial score (nSPS) is 14.5. The predicted molar refractivity (Wildman–Crippen MR) is 128 cm³/mol. The largest absolute Gasteiger partial charge is 0.379 e. The zero-order chi connectivity index (χ0) is 21.1. The first-order chi connectivity index (χ1) is 14.5. The number of fused-ring (bicyclic) bond motifs is 1. The van der Waals surface area contributed by atoms with Crippen molar-refractivity contribution in [3.05, 3.63) is 40.7 Å². The molecule has 1 amide bonds. The van der Waals surface area contributed by atoms with Crippen LogP contribution in [0.2, 0.25) is 5.02 Å². The third-order valence-electron chi connectivity index (χ3n) is 5.27. The first-order valence-electron chi connectivity index (χ1n) is 10.3. The van der Waals surface area contributed by atoms with Gasteiger partial charge in [0.2, 0.25) is 0 Å². The quantitative estimate of drug-likeness (QED) is 0.502. The molecule has 31 heavy (non-hydrogen) atoms. The van der Waals surface area contributed by atoms with Crippen LogP contribution in [-0.2, 0) is 11.3 Å². The number of halogens is 2. The van der Waals surface area contributed by atoms with E-state index in [2.05, 4.69) is 10.00 Å². The van der Waals surface area contributed by atoms with Gasteiger partial charge in [0.25, 0.3) is 5.91 Å². The van der Waals surface area contributed by atoms with Gasteiger partial charge >= 0.3 is 0 Å². The van der Waals surface area contributed by atoms with Gasteiger partial charge in [-0.05, 0) is 44.5 Å². The van der Waals surface area contributed by atoms with Gasteiger partial charge in [0.05, 0.1) is 23.4 Å². The van der Waals surface area contributed by atoms with Crippen LogP contribution in [0.5, 0.6) is 0 Å². The molecule has 1 aliphatic heterocycles. The van der Waals surface area contributed by atoms with E-state index in [9.17, 15) is 4.79 Å². The Morgan fingerprint density at radius 2 is 2.06 bits per heavy atom. The monoisotopic (exact) mass is 483 g/mol. The Labute approximate surface area is 197 Å². The number of aromatic nitrogens is 3. The Bertz CT molecular complexity index is 1030. The van der Waals surface area contributed by atoms with E-state index in [0.29, 0.717) is 22.4 Å². The molecule has 1 fully saturated rings. The lowest BCUT2D eigenvalue weighted by atomic mass is 10.3. The minimum absolute atomic E-state index is 0. The summed E-state index contributed by atoms with van der Waals surface area (Å²) >= 11 is 7.63. The fourth-order valence-electron chi connectivity index (χ4n) is 3.64. The molecule has 4 rings (SSSR count). The molecule has 7 nitrogen and oxygen atoms in total. The summed E-state index contributed by atoms with van der Waals surface area (Å²) in [7, 11) is 0. The van der Waals surface area contributed by atoms with Crippen LogP contribution in [0, 0.1) is 6.92 Å². The lowest BCUT2D eigenvalue weighted by Gasteiger charge is -2.27. The fraction of sp³-hybridized carbons (Fsp3) is 0.476. The second-order valence-corrected chi connectivity index (χ2v) is 8.81.